The molecule has 1 aromatic heterocycles. The second kappa shape index (κ2) is 6.12. The van der Waals surface area contributed by atoms with E-state index in [1.807, 2.05) is 6.92 Å². The van der Waals surface area contributed by atoms with Crippen molar-refractivity contribution >= 4 is 11.9 Å². The Labute approximate surface area is 110 Å². The third kappa shape index (κ3) is 3.64. The lowest BCUT2D eigenvalue weighted by molar-refractivity contribution is -0.139. The van der Waals surface area contributed by atoms with Gasteiger partial charge in [0.15, 0.2) is 5.69 Å². The summed E-state index contributed by atoms with van der Waals surface area (Å²) >= 11 is 0. The molecule has 1 aromatic rings. The van der Waals surface area contributed by atoms with Crippen LogP contribution in [-0.4, -0.2) is 33.0 Å². The van der Waals surface area contributed by atoms with E-state index in [4.69, 9.17) is 5.11 Å². The Kier molecular flexibility index (Phi) is 4.80. The third-order valence-electron chi connectivity index (χ3n) is 2.73. The van der Waals surface area contributed by atoms with E-state index in [0.717, 1.165) is 0 Å². The zero-order valence-corrected chi connectivity index (χ0v) is 11.1. The summed E-state index contributed by atoms with van der Waals surface area (Å²) in [5.74, 6) is -1.90. The Balaban J connectivity index is 2.98. The van der Waals surface area contributed by atoms with Crippen LogP contribution in [0.15, 0.2) is 4.79 Å². The maximum absolute atomic E-state index is 11.9. The second-order valence-corrected chi connectivity index (χ2v) is 4.28. The summed E-state index contributed by atoms with van der Waals surface area (Å²) in [6, 6.07) is -1.01. The molecule has 3 N–H and O–H groups in total. The van der Waals surface area contributed by atoms with Crippen molar-refractivity contribution in [3.63, 3.8) is 0 Å². The number of hydrogen-bond donors (Lipinski definition) is 3. The van der Waals surface area contributed by atoms with Crippen LogP contribution in [0.1, 0.15) is 41.6 Å². The number of carboxylic acids is 1. The average Bonchev–Trinajstić information content (AvgIpc) is 2.32. The van der Waals surface area contributed by atoms with Crippen LogP contribution in [0.4, 0.5) is 0 Å². The number of H-pyrrole nitrogens is 1. The number of carbonyl (C=O) groups is 2. The van der Waals surface area contributed by atoms with Gasteiger partial charge < -0.3 is 15.4 Å². The quantitative estimate of drug-likeness (QED) is 0.713. The number of hydrogen-bond acceptors (Lipinski definition) is 4. The summed E-state index contributed by atoms with van der Waals surface area (Å²) in [6.45, 7) is 5.13. The lowest BCUT2D eigenvalue weighted by Crippen LogP contribution is -2.43. The molecule has 1 rings (SSSR count). The summed E-state index contributed by atoms with van der Waals surface area (Å²) in [4.78, 5) is 40.8. The molecule has 0 spiro atoms. The average molecular weight is 267 g/mol. The Morgan fingerprint density at radius 2 is 2.05 bits per heavy atom. The van der Waals surface area contributed by atoms with Crippen LogP contribution in [0.25, 0.3) is 0 Å². The van der Waals surface area contributed by atoms with Crippen molar-refractivity contribution in [2.75, 3.05) is 0 Å². The summed E-state index contributed by atoms with van der Waals surface area (Å²) < 4.78 is 0. The molecule has 1 heterocycles. The van der Waals surface area contributed by atoms with Gasteiger partial charge in [-0.05, 0) is 20.3 Å². The third-order valence-corrected chi connectivity index (χ3v) is 2.73. The van der Waals surface area contributed by atoms with Crippen LogP contribution in [0.2, 0.25) is 0 Å². The van der Waals surface area contributed by atoms with Crippen molar-refractivity contribution < 1.29 is 14.7 Å². The molecule has 104 valence electrons. The van der Waals surface area contributed by atoms with Crippen molar-refractivity contribution in [3.8, 4) is 0 Å². The first-order valence-corrected chi connectivity index (χ1v) is 5.98. The van der Waals surface area contributed by atoms with E-state index in [9.17, 15) is 14.4 Å². The van der Waals surface area contributed by atoms with Crippen LogP contribution < -0.4 is 10.9 Å². The topological polar surface area (TPSA) is 112 Å². The lowest BCUT2D eigenvalue weighted by atomic mass is 10.1. The van der Waals surface area contributed by atoms with Gasteiger partial charge in [0.2, 0.25) is 0 Å². The number of amides is 1. The fourth-order valence-corrected chi connectivity index (χ4v) is 1.55. The zero-order valence-electron chi connectivity index (χ0n) is 11.1. The van der Waals surface area contributed by atoms with E-state index in [-0.39, 0.29) is 5.69 Å². The molecule has 0 saturated carbocycles. The van der Waals surface area contributed by atoms with Gasteiger partial charge >= 0.3 is 5.97 Å². The number of aromatic nitrogens is 2. The van der Waals surface area contributed by atoms with Gasteiger partial charge in [-0.3, -0.25) is 9.59 Å². The molecule has 0 aliphatic rings. The minimum Gasteiger partial charge on any atom is -0.480 e. The standard InChI is InChI=1S/C12H17N3O4/c1-4-5-8(12(18)19)15-11(17)9-10(16)14-7(3)6(2)13-9/h8H,4-5H2,1-3H3,(H,14,16)(H,15,17)(H,18,19). The van der Waals surface area contributed by atoms with Crippen molar-refractivity contribution in [3.05, 3.63) is 27.4 Å². The normalized spacial score (nSPS) is 11.9. The lowest BCUT2D eigenvalue weighted by Gasteiger charge is -2.13. The highest BCUT2D eigenvalue weighted by atomic mass is 16.4. The number of rotatable bonds is 5. The fraction of sp³-hybridized carbons (Fsp3) is 0.500. The first kappa shape index (κ1) is 14.9. The van der Waals surface area contributed by atoms with E-state index >= 15 is 0 Å². The van der Waals surface area contributed by atoms with Crippen LogP contribution in [0.3, 0.4) is 0 Å². The molecule has 7 heteroatoms. The molecular formula is C12H17N3O4. The number of aryl methyl sites for hydroxylation is 2. The summed E-state index contributed by atoms with van der Waals surface area (Å²) in [5.41, 5.74) is 0.156. The van der Waals surface area contributed by atoms with Crippen molar-refractivity contribution in [1.82, 2.24) is 15.3 Å². The highest BCUT2D eigenvalue weighted by Gasteiger charge is 2.22. The van der Waals surface area contributed by atoms with Crippen molar-refractivity contribution in [2.45, 2.75) is 39.7 Å². The smallest absolute Gasteiger partial charge is 0.326 e. The molecule has 1 unspecified atom stereocenters. The van der Waals surface area contributed by atoms with E-state index in [0.29, 0.717) is 24.2 Å². The summed E-state index contributed by atoms with van der Waals surface area (Å²) in [7, 11) is 0. The zero-order chi connectivity index (χ0) is 14.6. The van der Waals surface area contributed by atoms with Crippen LogP contribution in [0.5, 0.6) is 0 Å². The van der Waals surface area contributed by atoms with Gasteiger partial charge in [0, 0.05) is 5.69 Å². The number of aromatic amines is 1. The van der Waals surface area contributed by atoms with Crippen LogP contribution in [0, 0.1) is 13.8 Å². The number of carbonyl (C=O) groups excluding carboxylic acids is 1. The van der Waals surface area contributed by atoms with Gasteiger partial charge in [-0.2, -0.15) is 0 Å². The first-order chi connectivity index (χ1) is 8.86. The molecular weight excluding hydrogens is 250 g/mol. The van der Waals surface area contributed by atoms with Crippen LogP contribution >= 0.6 is 0 Å². The maximum atomic E-state index is 11.9. The molecule has 19 heavy (non-hydrogen) atoms. The van der Waals surface area contributed by atoms with Crippen LogP contribution in [-0.2, 0) is 4.79 Å². The molecule has 0 aromatic carbocycles. The van der Waals surface area contributed by atoms with Crippen molar-refractivity contribution in [1.29, 1.82) is 0 Å². The Morgan fingerprint density at radius 1 is 1.42 bits per heavy atom. The molecule has 7 nitrogen and oxygen atoms in total. The largest absolute Gasteiger partial charge is 0.480 e. The SMILES string of the molecule is CCCC(NC(=O)c1nc(C)c(C)[nH]c1=O)C(=O)O. The number of carboxylic acid groups (broad SMARTS) is 1. The van der Waals surface area contributed by atoms with Crippen molar-refractivity contribution in [2.24, 2.45) is 0 Å². The Hall–Kier alpha value is -2.18. The second-order valence-electron chi connectivity index (χ2n) is 4.28. The van der Waals surface area contributed by atoms with Gasteiger partial charge in [0.1, 0.15) is 6.04 Å². The molecule has 0 aliphatic heterocycles. The highest BCUT2D eigenvalue weighted by Crippen LogP contribution is 2.00. The highest BCUT2D eigenvalue weighted by molar-refractivity contribution is 5.94. The minimum atomic E-state index is -1.13. The van der Waals surface area contributed by atoms with Gasteiger partial charge in [0.25, 0.3) is 11.5 Å². The Morgan fingerprint density at radius 3 is 2.58 bits per heavy atom. The first-order valence-electron chi connectivity index (χ1n) is 5.98. The number of aliphatic carboxylic acids is 1. The van der Waals surface area contributed by atoms with Gasteiger partial charge in [-0.15, -0.1) is 0 Å². The summed E-state index contributed by atoms with van der Waals surface area (Å²) in [5, 5.41) is 11.2. The van der Waals surface area contributed by atoms with E-state index in [1.54, 1.807) is 13.8 Å². The number of nitrogens with one attached hydrogen (secondary N) is 2. The molecule has 1 atom stereocenters. The Bertz CT molecular complexity index is 550. The maximum Gasteiger partial charge on any atom is 0.326 e. The predicted octanol–water partition coefficient (Wildman–Crippen LogP) is 0.370. The molecule has 0 aliphatic carbocycles. The minimum absolute atomic E-state index is 0.295. The molecule has 0 radical (unpaired) electrons. The van der Waals surface area contributed by atoms with E-state index < -0.39 is 23.5 Å². The van der Waals surface area contributed by atoms with E-state index in [2.05, 4.69) is 15.3 Å². The molecule has 0 saturated heterocycles. The van der Waals surface area contributed by atoms with Gasteiger partial charge in [-0.25, -0.2) is 9.78 Å². The summed E-state index contributed by atoms with van der Waals surface area (Å²) in [6.07, 6.45) is 0.901. The molecule has 0 fully saturated rings. The van der Waals surface area contributed by atoms with E-state index in [1.165, 1.54) is 0 Å². The van der Waals surface area contributed by atoms with Gasteiger partial charge in [0.05, 0.1) is 5.69 Å². The predicted molar refractivity (Wildman–Crippen MR) is 68.1 cm³/mol. The monoisotopic (exact) mass is 267 g/mol. The number of nitrogens with zero attached hydrogens (tertiary/aromatic N) is 1. The molecule has 1 amide bonds. The van der Waals surface area contributed by atoms with Gasteiger partial charge in [-0.1, -0.05) is 13.3 Å². The fourth-order valence-electron chi connectivity index (χ4n) is 1.55. The molecule has 0 bridgehead atoms.